The Labute approximate surface area is 85.1 Å². The monoisotopic (exact) mass is 188 g/mol. The lowest BCUT2D eigenvalue weighted by Crippen LogP contribution is -2.07. The number of aromatic nitrogens is 2. The van der Waals surface area contributed by atoms with Gasteiger partial charge in [-0.3, -0.25) is 0 Å². The predicted octanol–water partition coefficient (Wildman–Crippen LogP) is 2.77. The summed E-state index contributed by atoms with van der Waals surface area (Å²) in [5.41, 5.74) is 3.94. The first-order valence-corrected chi connectivity index (χ1v) is 5.09. The van der Waals surface area contributed by atoms with Crippen LogP contribution in [0.25, 0.3) is 6.08 Å². The van der Waals surface area contributed by atoms with Crippen molar-refractivity contribution < 1.29 is 0 Å². The number of nitrogens with zero attached hydrogens (tertiary/aromatic N) is 2. The lowest BCUT2D eigenvalue weighted by Gasteiger charge is -2.17. The topological polar surface area (TPSA) is 25.8 Å². The van der Waals surface area contributed by atoms with Gasteiger partial charge in [-0.15, -0.1) is 0 Å². The van der Waals surface area contributed by atoms with Crippen LogP contribution >= 0.6 is 0 Å². The van der Waals surface area contributed by atoms with Gasteiger partial charge in [0.15, 0.2) is 0 Å². The molecule has 2 heteroatoms. The maximum absolute atomic E-state index is 4.08. The molecule has 14 heavy (non-hydrogen) atoms. The summed E-state index contributed by atoms with van der Waals surface area (Å²) in [7, 11) is 0. The molecule has 0 saturated carbocycles. The van der Waals surface area contributed by atoms with Gasteiger partial charge in [0.2, 0.25) is 0 Å². The molecule has 1 heterocycles. The van der Waals surface area contributed by atoms with Gasteiger partial charge in [0.1, 0.15) is 0 Å². The Bertz CT molecular complexity index is 378. The maximum Gasteiger partial charge on any atom is 0.0675 e. The van der Waals surface area contributed by atoms with E-state index in [1.807, 2.05) is 13.1 Å². The van der Waals surface area contributed by atoms with Gasteiger partial charge in [-0.2, -0.15) is 10.2 Å². The van der Waals surface area contributed by atoms with Crippen molar-refractivity contribution in [3.63, 3.8) is 0 Å². The minimum Gasteiger partial charge on any atom is -0.159 e. The van der Waals surface area contributed by atoms with Gasteiger partial charge in [0.25, 0.3) is 0 Å². The van der Waals surface area contributed by atoms with Crippen molar-refractivity contribution in [2.45, 2.75) is 33.6 Å². The van der Waals surface area contributed by atoms with E-state index in [1.54, 1.807) is 0 Å². The molecule has 1 aliphatic rings. The highest BCUT2D eigenvalue weighted by Gasteiger charge is 2.18. The van der Waals surface area contributed by atoms with Gasteiger partial charge in [0.05, 0.1) is 11.9 Å². The molecular formula is C12H16N2. The first-order valence-electron chi connectivity index (χ1n) is 5.09. The van der Waals surface area contributed by atoms with Gasteiger partial charge >= 0.3 is 0 Å². The lowest BCUT2D eigenvalue weighted by molar-refractivity contribution is 0.442. The summed E-state index contributed by atoms with van der Waals surface area (Å²) in [5.74, 6) is 0. The Hall–Kier alpha value is -1.18. The molecule has 0 radical (unpaired) electrons. The van der Waals surface area contributed by atoms with E-state index in [0.29, 0.717) is 5.41 Å². The van der Waals surface area contributed by atoms with Gasteiger partial charge in [-0.25, -0.2) is 0 Å². The van der Waals surface area contributed by atoms with Gasteiger partial charge < -0.3 is 0 Å². The SMILES string of the molecule is Cc1nncc2c1C=CC(C)(C)CC2. The molecule has 2 nitrogen and oxygen atoms in total. The Morgan fingerprint density at radius 3 is 2.93 bits per heavy atom. The van der Waals surface area contributed by atoms with E-state index < -0.39 is 0 Å². The summed E-state index contributed by atoms with van der Waals surface area (Å²) < 4.78 is 0. The molecule has 0 unspecified atom stereocenters. The van der Waals surface area contributed by atoms with Crippen molar-refractivity contribution in [1.29, 1.82) is 0 Å². The zero-order valence-corrected chi connectivity index (χ0v) is 9.04. The van der Waals surface area contributed by atoms with E-state index in [1.165, 1.54) is 17.5 Å². The van der Waals surface area contributed by atoms with Crippen molar-refractivity contribution in [2.75, 3.05) is 0 Å². The third kappa shape index (κ3) is 1.69. The minimum atomic E-state index is 0.297. The van der Waals surface area contributed by atoms with E-state index >= 15 is 0 Å². The fourth-order valence-corrected chi connectivity index (χ4v) is 1.82. The van der Waals surface area contributed by atoms with Crippen LogP contribution in [-0.2, 0) is 6.42 Å². The third-order valence-electron chi connectivity index (χ3n) is 2.90. The Balaban J connectivity index is 2.47. The lowest BCUT2D eigenvalue weighted by atomic mass is 9.88. The van der Waals surface area contributed by atoms with Crippen LogP contribution < -0.4 is 0 Å². The Morgan fingerprint density at radius 1 is 1.36 bits per heavy atom. The van der Waals surface area contributed by atoms with Gasteiger partial charge in [-0.05, 0) is 30.7 Å². The molecule has 0 atom stereocenters. The van der Waals surface area contributed by atoms with Crippen LogP contribution in [0.1, 0.15) is 37.1 Å². The number of fused-ring (bicyclic) bond motifs is 1. The summed E-state index contributed by atoms with van der Waals surface area (Å²) in [6.45, 7) is 6.56. The maximum atomic E-state index is 4.08. The quantitative estimate of drug-likeness (QED) is 0.625. The van der Waals surface area contributed by atoms with Crippen LogP contribution in [0.4, 0.5) is 0 Å². The minimum absolute atomic E-state index is 0.297. The van der Waals surface area contributed by atoms with Crippen molar-refractivity contribution in [3.8, 4) is 0 Å². The second-order valence-electron chi connectivity index (χ2n) is 4.69. The van der Waals surface area contributed by atoms with Crippen molar-refractivity contribution in [2.24, 2.45) is 5.41 Å². The van der Waals surface area contributed by atoms with Crippen LogP contribution in [0.5, 0.6) is 0 Å². The van der Waals surface area contributed by atoms with Gasteiger partial charge in [0, 0.05) is 5.56 Å². The number of rotatable bonds is 0. The first kappa shape index (κ1) is 9.38. The second kappa shape index (κ2) is 3.19. The van der Waals surface area contributed by atoms with Gasteiger partial charge in [-0.1, -0.05) is 26.0 Å². The number of hydrogen-bond donors (Lipinski definition) is 0. The largest absolute Gasteiger partial charge is 0.159 e. The summed E-state index contributed by atoms with van der Waals surface area (Å²) >= 11 is 0. The van der Waals surface area contributed by atoms with Crippen LogP contribution in [0, 0.1) is 12.3 Å². The molecule has 0 aliphatic heterocycles. The Kier molecular flexibility index (Phi) is 2.14. The highest BCUT2D eigenvalue weighted by molar-refractivity contribution is 5.57. The van der Waals surface area contributed by atoms with Crippen LogP contribution in [0.2, 0.25) is 0 Å². The Morgan fingerprint density at radius 2 is 2.14 bits per heavy atom. The van der Waals surface area contributed by atoms with E-state index in [9.17, 15) is 0 Å². The molecule has 0 saturated heterocycles. The van der Waals surface area contributed by atoms with Crippen molar-refractivity contribution >= 4 is 6.08 Å². The van der Waals surface area contributed by atoms with E-state index in [4.69, 9.17) is 0 Å². The normalized spacial score (nSPS) is 18.8. The van der Waals surface area contributed by atoms with Crippen LogP contribution in [0.3, 0.4) is 0 Å². The molecule has 0 N–H and O–H groups in total. The fraction of sp³-hybridized carbons (Fsp3) is 0.500. The summed E-state index contributed by atoms with van der Waals surface area (Å²) in [6.07, 6.45) is 8.67. The molecule has 0 bridgehead atoms. The number of hydrogen-bond acceptors (Lipinski definition) is 2. The molecular weight excluding hydrogens is 172 g/mol. The molecule has 0 spiro atoms. The van der Waals surface area contributed by atoms with E-state index in [-0.39, 0.29) is 0 Å². The average Bonchev–Trinajstić information content (AvgIpc) is 2.27. The molecule has 74 valence electrons. The smallest absolute Gasteiger partial charge is 0.0675 e. The van der Waals surface area contributed by atoms with Crippen molar-refractivity contribution in [1.82, 2.24) is 10.2 Å². The highest BCUT2D eigenvalue weighted by atomic mass is 15.1. The zero-order valence-electron chi connectivity index (χ0n) is 9.04. The fourth-order valence-electron chi connectivity index (χ4n) is 1.82. The molecule has 0 amide bonds. The zero-order chi connectivity index (χ0) is 10.2. The molecule has 0 fully saturated rings. The molecule has 1 aromatic rings. The van der Waals surface area contributed by atoms with E-state index in [2.05, 4.69) is 36.2 Å². The molecule has 1 aliphatic carbocycles. The number of aryl methyl sites for hydroxylation is 2. The molecule has 2 rings (SSSR count). The molecule has 1 aromatic heterocycles. The standard InChI is InChI=1S/C12H16N2/c1-9-11-5-7-12(2,3)6-4-10(11)8-13-14-9/h5,7-8H,4,6H2,1-3H3. The predicted molar refractivity (Wildman–Crippen MR) is 57.9 cm³/mol. The van der Waals surface area contributed by atoms with Crippen LogP contribution in [0.15, 0.2) is 12.3 Å². The number of allylic oxidation sites excluding steroid dienone is 1. The van der Waals surface area contributed by atoms with E-state index in [0.717, 1.165) is 12.1 Å². The summed E-state index contributed by atoms with van der Waals surface area (Å²) in [4.78, 5) is 0. The third-order valence-corrected chi connectivity index (χ3v) is 2.90. The molecule has 0 aromatic carbocycles. The summed E-state index contributed by atoms with van der Waals surface area (Å²) in [6, 6.07) is 0. The second-order valence-corrected chi connectivity index (χ2v) is 4.69. The van der Waals surface area contributed by atoms with Crippen molar-refractivity contribution in [3.05, 3.63) is 29.1 Å². The average molecular weight is 188 g/mol. The summed E-state index contributed by atoms with van der Waals surface area (Å²) in [5, 5.41) is 8.08. The van der Waals surface area contributed by atoms with Crippen LogP contribution in [-0.4, -0.2) is 10.2 Å². The highest BCUT2D eigenvalue weighted by Crippen LogP contribution is 2.30. The first-order chi connectivity index (χ1) is 6.58.